The van der Waals surface area contributed by atoms with Crippen molar-refractivity contribution in [3.8, 4) is 0 Å². The van der Waals surface area contributed by atoms with E-state index in [-0.39, 0.29) is 12.5 Å². The number of hydrogen-bond acceptors (Lipinski definition) is 3. The molecule has 0 aliphatic rings. The second kappa shape index (κ2) is 8.95. The molecule has 0 atom stereocenters. The minimum atomic E-state index is -0.0656. The van der Waals surface area contributed by atoms with Crippen LogP contribution >= 0.6 is 11.3 Å². The van der Waals surface area contributed by atoms with Gasteiger partial charge in [-0.2, -0.15) is 0 Å². The summed E-state index contributed by atoms with van der Waals surface area (Å²) in [6, 6.07) is 11.9. The monoisotopic (exact) mass is 330 g/mol. The first-order chi connectivity index (χ1) is 11.2. The van der Waals surface area contributed by atoms with Crippen molar-refractivity contribution in [2.24, 2.45) is 4.99 Å². The number of carbonyl (C=O) groups is 1. The van der Waals surface area contributed by atoms with Gasteiger partial charge >= 0.3 is 0 Å². The summed E-state index contributed by atoms with van der Waals surface area (Å²) in [6.45, 7) is 3.51. The van der Waals surface area contributed by atoms with Crippen LogP contribution in [0.1, 0.15) is 16.0 Å². The first kappa shape index (κ1) is 17.0. The highest BCUT2D eigenvalue weighted by molar-refractivity contribution is 7.10. The maximum absolute atomic E-state index is 11.9. The fourth-order valence-corrected chi connectivity index (χ4v) is 2.84. The van der Waals surface area contributed by atoms with Crippen LogP contribution in [-0.4, -0.2) is 25.5 Å². The highest BCUT2D eigenvalue weighted by atomic mass is 32.1. The first-order valence-corrected chi connectivity index (χ1v) is 8.35. The largest absolute Gasteiger partial charge is 0.352 e. The lowest BCUT2D eigenvalue weighted by atomic mass is 10.2. The molecule has 0 spiro atoms. The van der Waals surface area contributed by atoms with Gasteiger partial charge in [-0.1, -0.05) is 30.3 Å². The Balaban J connectivity index is 1.70. The van der Waals surface area contributed by atoms with E-state index in [0.717, 1.165) is 5.56 Å². The molecule has 1 heterocycles. The molecule has 0 bridgehead atoms. The minimum absolute atomic E-state index is 0.0656. The number of hydrogen-bond donors (Lipinski definition) is 3. The predicted molar refractivity (Wildman–Crippen MR) is 95.5 cm³/mol. The van der Waals surface area contributed by atoms with E-state index in [2.05, 4.69) is 39.3 Å². The average molecular weight is 330 g/mol. The number of benzene rings is 1. The van der Waals surface area contributed by atoms with Crippen molar-refractivity contribution in [2.45, 2.75) is 20.0 Å². The molecule has 0 fully saturated rings. The van der Waals surface area contributed by atoms with Crippen molar-refractivity contribution in [3.05, 3.63) is 57.8 Å². The van der Waals surface area contributed by atoms with E-state index in [9.17, 15) is 4.79 Å². The van der Waals surface area contributed by atoms with Crippen LogP contribution in [0.3, 0.4) is 0 Å². The van der Waals surface area contributed by atoms with E-state index in [1.165, 1.54) is 10.4 Å². The van der Waals surface area contributed by atoms with Crippen molar-refractivity contribution in [1.29, 1.82) is 0 Å². The molecular formula is C17H22N4OS. The van der Waals surface area contributed by atoms with Crippen molar-refractivity contribution >= 4 is 23.2 Å². The molecule has 2 rings (SSSR count). The molecule has 0 aliphatic heterocycles. The van der Waals surface area contributed by atoms with Crippen molar-refractivity contribution in [2.75, 3.05) is 13.6 Å². The Labute approximate surface area is 140 Å². The standard InChI is InChI=1S/C17H22N4OS/c1-13-8-9-23-15(13)11-20-17(18-2)21-12-16(22)19-10-14-6-4-3-5-7-14/h3-9H,10-12H2,1-2H3,(H,19,22)(H2,18,20,21). The number of carbonyl (C=O) groups excluding carboxylic acids is 1. The molecule has 1 aromatic heterocycles. The number of amides is 1. The van der Waals surface area contributed by atoms with Crippen LogP contribution in [-0.2, 0) is 17.9 Å². The Hall–Kier alpha value is -2.34. The number of nitrogens with one attached hydrogen (secondary N) is 3. The van der Waals surface area contributed by atoms with Gasteiger partial charge in [0.1, 0.15) is 0 Å². The zero-order valence-corrected chi connectivity index (χ0v) is 14.2. The lowest BCUT2D eigenvalue weighted by Gasteiger charge is -2.12. The van der Waals surface area contributed by atoms with E-state index in [0.29, 0.717) is 19.0 Å². The van der Waals surface area contributed by atoms with Gasteiger partial charge in [-0.25, -0.2) is 0 Å². The van der Waals surface area contributed by atoms with Gasteiger partial charge in [-0.3, -0.25) is 9.79 Å². The van der Waals surface area contributed by atoms with Gasteiger partial charge in [0.05, 0.1) is 13.1 Å². The summed E-state index contributed by atoms with van der Waals surface area (Å²) >= 11 is 1.71. The highest BCUT2D eigenvalue weighted by Gasteiger charge is 2.05. The first-order valence-electron chi connectivity index (χ1n) is 7.47. The SMILES string of the molecule is CN=C(NCC(=O)NCc1ccccc1)NCc1sccc1C. The van der Waals surface area contributed by atoms with Crippen LogP contribution < -0.4 is 16.0 Å². The number of thiophene rings is 1. The average Bonchev–Trinajstić information content (AvgIpc) is 2.99. The van der Waals surface area contributed by atoms with Crippen molar-refractivity contribution in [1.82, 2.24) is 16.0 Å². The van der Waals surface area contributed by atoms with Gasteiger partial charge in [0.2, 0.25) is 5.91 Å². The van der Waals surface area contributed by atoms with Crippen molar-refractivity contribution in [3.63, 3.8) is 0 Å². The maximum atomic E-state index is 11.9. The number of rotatable bonds is 6. The molecule has 23 heavy (non-hydrogen) atoms. The summed E-state index contributed by atoms with van der Waals surface area (Å²) in [7, 11) is 1.69. The van der Waals surface area contributed by atoms with E-state index in [1.54, 1.807) is 18.4 Å². The molecule has 1 amide bonds. The third-order valence-electron chi connectivity index (χ3n) is 3.36. The van der Waals surface area contributed by atoms with Crippen LogP contribution in [0.4, 0.5) is 0 Å². The van der Waals surface area contributed by atoms with Gasteiger partial charge in [0.15, 0.2) is 5.96 Å². The summed E-state index contributed by atoms with van der Waals surface area (Å²) in [5.74, 6) is 0.553. The quantitative estimate of drug-likeness (QED) is 0.561. The van der Waals surface area contributed by atoms with Gasteiger partial charge in [-0.05, 0) is 29.5 Å². The summed E-state index contributed by atoms with van der Waals surface area (Å²) in [5.41, 5.74) is 2.34. The van der Waals surface area contributed by atoms with E-state index < -0.39 is 0 Å². The van der Waals surface area contributed by atoms with Crippen LogP contribution in [0.2, 0.25) is 0 Å². The molecule has 1 aromatic carbocycles. The van der Waals surface area contributed by atoms with Gasteiger partial charge < -0.3 is 16.0 Å². The van der Waals surface area contributed by atoms with Gasteiger partial charge in [0, 0.05) is 18.5 Å². The number of aryl methyl sites for hydroxylation is 1. The lowest BCUT2D eigenvalue weighted by Crippen LogP contribution is -2.42. The molecule has 0 unspecified atom stereocenters. The zero-order chi connectivity index (χ0) is 16.5. The van der Waals surface area contributed by atoms with Crippen LogP contribution in [0.5, 0.6) is 0 Å². The summed E-state index contributed by atoms with van der Waals surface area (Å²) in [4.78, 5) is 17.3. The Morgan fingerprint density at radius 2 is 1.87 bits per heavy atom. The number of guanidine groups is 1. The predicted octanol–water partition coefficient (Wildman–Crippen LogP) is 2.04. The molecule has 0 aliphatic carbocycles. The van der Waals surface area contributed by atoms with Crippen LogP contribution in [0.15, 0.2) is 46.8 Å². The Morgan fingerprint density at radius 1 is 1.09 bits per heavy atom. The fourth-order valence-electron chi connectivity index (χ4n) is 1.99. The zero-order valence-electron chi connectivity index (χ0n) is 13.4. The summed E-state index contributed by atoms with van der Waals surface area (Å²) in [6.07, 6.45) is 0. The summed E-state index contributed by atoms with van der Waals surface area (Å²) < 4.78 is 0. The maximum Gasteiger partial charge on any atom is 0.239 e. The number of aliphatic imine (C=N–C) groups is 1. The van der Waals surface area contributed by atoms with Crippen molar-refractivity contribution < 1.29 is 4.79 Å². The normalized spacial score (nSPS) is 11.1. The smallest absolute Gasteiger partial charge is 0.239 e. The molecular weight excluding hydrogens is 308 g/mol. The minimum Gasteiger partial charge on any atom is -0.352 e. The second-order valence-electron chi connectivity index (χ2n) is 5.07. The molecule has 2 aromatic rings. The molecule has 0 saturated heterocycles. The lowest BCUT2D eigenvalue weighted by molar-refractivity contribution is -0.120. The van der Waals surface area contributed by atoms with E-state index in [1.807, 2.05) is 30.3 Å². The molecule has 0 saturated carbocycles. The van der Waals surface area contributed by atoms with E-state index in [4.69, 9.17) is 0 Å². The topological polar surface area (TPSA) is 65.5 Å². The van der Waals surface area contributed by atoms with Crippen LogP contribution in [0, 0.1) is 6.92 Å². The van der Waals surface area contributed by atoms with Gasteiger partial charge in [0.25, 0.3) is 0 Å². The Kier molecular flexibility index (Phi) is 6.62. The second-order valence-corrected chi connectivity index (χ2v) is 6.07. The third-order valence-corrected chi connectivity index (χ3v) is 4.38. The molecule has 6 heteroatoms. The molecule has 122 valence electrons. The highest BCUT2D eigenvalue weighted by Crippen LogP contribution is 2.14. The Morgan fingerprint density at radius 3 is 2.52 bits per heavy atom. The van der Waals surface area contributed by atoms with Crippen LogP contribution in [0.25, 0.3) is 0 Å². The van der Waals surface area contributed by atoms with E-state index >= 15 is 0 Å². The molecule has 5 nitrogen and oxygen atoms in total. The number of nitrogens with zero attached hydrogens (tertiary/aromatic N) is 1. The molecule has 0 radical (unpaired) electrons. The fraction of sp³-hybridized carbons (Fsp3) is 0.294. The Bertz CT molecular complexity index is 652. The van der Waals surface area contributed by atoms with Gasteiger partial charge in [-0.15, -0.1) is 11.3 Å². The third kappa shape index (κ3) is 5.75. The molecule has 3 N–H and O–H groups in total. The summed E-state index contributed by atoms with van der Waals surface area (Å²) in [5, 5.41) is 11.2.